The summed E-state index contributed by atoms with van der Waals surface area (Å²) in [6, 6.07) is 0. The van der Waals surface area contributed by atoms with Crippen LogP contribution in [-0.2, 0) is 29.4 Å². The van der Waals surface area contributed by atoms with E-state index in [9.17, 15) is 14.6 Å². The Bertz CT molecular complexity index is 354. The summed E-state index contributed by atoms with van der Waals surface area (Å²) >= 11 is -2.03. The first kappa shape index (κ1) is 15.5. The molecule has 1 aliphatic heterocycles. The molecule has 1 rings (SSSR count). The molecule has 0 saturated carbocycles. The number of nitrogens with zero attached hydrogens (tertiary/aromatic N) is 4. The van der Waals surface area contributed by atoms with E-state index in [-0.39, 0.29) is 22.9 Å². The van der Waals surface area contributed by atoms with Crippen molar-refractivity contribution in [2.45, 2.75) is 19.5 Å². The second-order valence-corrected chi connectivity index (χ2v) is 4.14. The number of hydrogen-bond donors (Lipinski definition) is 0. The van der Waals surface area contributed by atoms with E-state index in [4.69, 9.17) is 0 Å². The molecule has 0 atom stereocenters. The van der Waals surface area contributed by atoms with Crippen LogP contribution in [0, 0.1) is 10.4 Å². The average molecular weight is 298 g/mol. The van der Waals surface area contributed by atoms with Crippen molar-refractivity contribution in [1.82, 2.24) is 0 Å². The van der Waals surface area contributed by atoms with Crippen LogP contribution >= 0.6 is 0 Å². The van der Waals surface area contributed by atoms with Gasteiger partial charge < -0.3 is 20.1 Å². The van der Waals surface area contributed by atoms with Crippen LogP contribution in [0.4, 0.5) is 0 Å². The fourth-order valence-electron chi connectivity index (χ4n) is 1.03. The largest absolute Gasteiger partial charge is 0.592 e. The molecule has 0 bridgehead atoms. The molecule has 0 unspecified atom stereocenters. The van der Waals surface area contributed by atoms with Crippen LogP contribution in [-0.4, -0.2) is 46.0 Å². The van der Waals surface area contributed by atoms with E-state index in [2.05, 4.69) is 28.6 Å². The van der Waals surface area contributed by atoms with Crippen LogP contribution in [0.25, 0.3) is 0 Å². The molecule has 12 heteroatoms. The molecule has 1 aliphatic rings. The highest BCUT2D eigenvalue weighted by Crippen LogP contribution is 2.21. The SMILES string of the molecule is CCON=[N+]([O-])C1([N+]([O-])=NOCC)COS(=O)OC1. The smallest absolute Gasteiger partial charge is 0.472 e. The Kier molecular flexibility index (Phi) is 5.85. The van der Waals surface area contributed by atoms with Gasteiger partial charge in [0.15, 0.2) is 0 Å². The molecule has 1 saturated heterocycles. The van der Waals surface area contributed by atoms with Crippen molar-refractivity contribution < 1.29 is 32.0 Å². The summed E-state index contributed by atoms with van der Waals surface area (Å²) in [6.07, 6.45) is 0. The lowest BCUT2D eigenvalue weighted by Crippen LogP contribution is -2.57. The Morgan fingerprint density at radius 2 is 1.58 bits per heavy atom. The van der Waals surface area contributed by atoms with Crippen molar-refractivity contribution in [3.05, 3.63) is 10.4 Å². The fourth-order valence-corrected chi connectivity index (χ4v) is 1.67. The zero-order valence-corrected chi connectivity index (χ0v) is 11.2. The molecule has 110 valence electrons. The second kappa shape index (κ2) is 7.16. The van der Waals surface area contributed by atoms with Gasteiger partial charge in [-0.3, -0.25) is 8.37 Å². The zero-order chi connectivity index (χ0) is 14.3. The van der Waals surface area contributed by atoms with E-state index in [1.54, 1.807) is 13.8 Å². The third-order valence-electron chi connectivity index (χ3n) is 2.01. The van der Waals surface area contributed by atoms with Crippen LogP contribution < -0.4 is 0 Å². The van der Waals surface area contributed by atoms with Crippen LogP contribution in [0.2, 0.25) is 0 Å². The summed E-state index contributed by atoms with van der Waals surface area (Å²) in [5, 5.41) is 29.9. The molecule has 19 heavy (non-hydrogen) atoms. The quantitative estimate of drug-likeness (QED) is 0.295. The lowest BCUT2D eigenvalue weighted by atomic mass is 10.2. The first-order valence-corrected chi connectivity index (χ1v) is 6.35. The van der Waals surface area contributed by atoms with Crippen molar-refractivity contribution >= 4 is 11.4 Å². The third kappa shape index (κ3) is 3.71. The lowest BCUT2D eigenvalue weighted by Gasteiger charge is -2.25. The Morgan fingerprint density at radius 1 is 1.16 bits per heavy atom. The van der Waals surface area contributed by atoms with E-state index in [1.165, 1.54) is 0 Å². The molecule has 0 amide bonds. The van der Waals surface area contributed by atoms with E-state index >= 15 is 0 Å². The maximum Gasteiger partial charge on any atom is 0.472 e. The number of hydroxylamine groups is 2. The van der Waals surface area contributed by atoms with Gasteiger partial charge >= 0.3 is 17.0 Å². The van der Waals surface area contributed by atoms with Gasteiger partial charge in [-0.2, -0.15) is 4.21 Å². The Morgan fingerprint density at radius 3 is 1.95 bits per heavy atom. The fraction of sp³-hybridized carbons (Fsp3) is 1.00. The van der Waals surface area contributed by atoms with Crippen LogP contribution in [0.5, 0.6) is 0 Å². The van der Waals surface area contributed by atoms with Gasteiger partial charge in [-0.25, -0.2) is 0 Å². The molecule has 0 radical (unpaired) electrons. The normalized spacial score (nSPS) is 29.1. The predicted molar refractivity (Wildman–Crippen MR) is 58.1 cm³/mol. The van der Waals surface area contributed by atoms with Gasteiger partial charge in [0.05, 0.1) is 0 Å². The summed E-state index contributed by atoms with van der Waals surface area (Å²) in [6.45, 7) is 2.38. The van der Waals surface area contributed by atoms with Crippen molar-refractivity contribution in [3.63, 3.8) is 0 Å². The van der Waals surface area contributed by atoms with E-state index in [0.717, 1.165) is 0 Å². The third-order valence-corrected chi connectivity index (χ3v) is 2.63. The Balaban J connectivity index is 3.00. The predicted octanol–water partition coefficient (Wildman–Crippen LogP) is 0.136. The highest BCUT2D eigenvalue weighted by Gasteiger charge is 2.58. The zero-order valence-electron chi connectivity index (χ0n) is 10.4. The van der Waals surface area contributed by atoms with Crippen molar-refractivity contribution in [1.29, 1.82) is 0 Å². The van der Waals surface area contributed by atoms with Crippen molar-refractivity contribution in [3.8, 4) is 0 Å². The Hall–Kier alpha value is -1.53. The average Bonchev–Trinajstić information content (AvgIpc) is 2.43. The van der Waals surface area contributed by atoms with Gasteiger partial charge in [-0.1, -0.05) is 0 Å². The maximum absolute atomic E-state index is 11.8. The summed E-state index contributed by atoms with van der Waals surface area (Å²) < 4.78 is 20.2. The second-order valence-electron chi connectivity index (χ2n) is 3.26. The molecular formula is C7H14N4O7S. The topological polar surface area (TPSA) is 131 Å². The molecule has 0 spiro atoms. The highest BCUT2D eigenvalue weighted by atomic mass is 32.2. The highest BCUT2D eigenvalue weighted by molar-refractivity contribution is 7.75. The summed E-state index contributed by atoms with van der Waals surface area (Å²) in [4.78, 5) is 9.01. The van der Waals surface area contributed by atoms with Crippen LogP contribution in [0.3, 0.4) is 0 Å². The van der Waals surface area contributed by atoms with Crippen molar-refractivity contribution in [2.75, 3.05) is 26.4 Å². The minimum absolute atomic E-state index is 0.0532. The van der Waals surface area contributed by atoms with Gasteiger partial charge in [0.1, 0.15) is 13.2 Å². The Labute approximate surface area is 111 Å². The van der Waals surface area contributed by atoms with Crippen LogP contribution in [0.1, 0.15) is 13.8 Å². The molecule has 0 aromatic carbocycles. The first-order valence-electron chi connectivity index (χ1n) is 5.35. The minimum Gasteiger partial charge on any atom is -0.592 e. The standard InChI is InChI=1S/C7H14N4O7S/c1-3-15-8-10(12)7(11(13)9-16-4-2)5-17-19(14)18-6-7/h3-6H2,1-2H3. The summed E-state index contributed by atoms with van der Waals surface area (Å²) in [5.41, 5.74) is -1.99. The maximum atomic E-state index is 11.8. The van der Waals surface area contributed by atoms with Crippen LogP contribution in [0.15, 0.2) is 10.6 Å². The molecule has 1 heterocycles. The van der Waals surface area contributed by atoms with Gasteiger partial charge in [0, 0.05) is 9.72 Å². The molecule has 0 N–H and O–H groups in total. The van der Waals surface area contributed by atoms with Gasteiger partial charge in [-0.15, -0.1) is 0 Å². The van der Waals surface area contributed by atoms with Gasteiger partial charge in [0.25, 0.3) is 0 Å². The summed E-state index contributed by atoms with van der Waals surface area (Å²) in [5.74, 6) is 0. The monoisotopic (exact) mass is 298 g/mol. The minimum atomic E-state index is -2.03. The van der Waals surface area contributed by atoms with E-state index < -0.39 is 30.2 Å². The molecule has 0 aliphatic carbocycles. The first-order chi connectivity index (χ1) is 9.06. The van der Waals surface area contributed by atoms with Gasteiger partial charge in [-0.05, 0) is 13.8 Å². The number of hydrogen-bond acceptors (Lipinski definition) is 9. The molecular weight excluding hydrogens is 284 g/mol. The lowest BCUT2D eigenvalue weighted by molar-refractivity contribution is -0.849. The molecule has 0 aromatic rings. The molecule has 0 aromatic heterocycles. The molecule has 1 fully saturated rings. The summed E-state index contributed by atoms with van der Waals surface area (Å²) in [7, 11) is 0. The van der Waals surface area contributed by atoms with E-state index in [0.29, 0.717) is 0 Å². The van der Waals surface area contributed by atoms with Gasteiger partial charge in [0.2, 0.25) is 23.8 Å². The van der Waals surface area contributed by atoms with Crippen molar-refractivity contribution in [2.24, 2.45) is 10.6 Å². The molecule has 11 nitrogen and oxygen atoms in total. The number of rotatable bonds is 6. The van der Waals surface area contributed by atoms with E-state index in [1.807, 2.05) is 0 Å².